The van der Waals surface area contributed by atoms with Gasteiger partial charge < -0.3 is 25.4 Å². The summed E-state index contributed by atoms with van der Waals surface area (Å²) in [4.78, 5) is 31.0. The van der Waals surface area contributed by atoms with Gasteiger partial charge in [-0.25, -0.2) is 14.2 Å². The Morgan fingerprint density at radius 3 is 2.45 bits per heavy atom. The van der Waals surface area contributed by atoms with E-state index in [1.165, 1.54) is 12.1 Å². The van der Waals surface area contributed by atoms with E-state index in [2.05, 4.69) is 41.7 Å². The molecule has 3 aromatic rings. The van der Waals surface area contributed by atoms with Gasteiger partial charge >= 0.3 is 5.97 Å². The molecule has 0 radical (unpaired) electrons. The number of hydrogen-bond donors (Lipinski definition) is 3. The van der Waals surface area contributed by atoms with Crippen LogP contribution in [0.15, 0.2) is 60.8 Å². The highest BCUT2D eigenvalue weighted by Crippen LogP contribution is 2.35. The van der Waals surface area contributed by atoms with E-state index in [4.69, 9.17) is 9.47 Å². The Bertz CT molecular complexity index is 1390. The molecule has 0 spiro atoms. The van der Waals surface area contributed by atoms with Gasteiger partial charge in [0.15, 0.2) is 0 Å². The molecule has 1 aliphatic rings. The fourth-order valence-electron chi connectivity index (χ4n) is 4.79. The maximum absolute atomic E-state index is 13.4. The first-order valence-corrected chi connectivity index (χ1v) is 14.3. The molecule has 0 aliphatic carbocycles. The molecule has 2 atom stereocenters. The average molecular weight is 577 g/mol. The molecule has 2 aromatic carbocycles. The van der Waals surface area contributed by atoms with Crippen molar-refractivity contribution in [3.8, 4) is 5.75 Å². The van der Waals surface area contributed by atoms with Gasteiger partial charge in [0.25, 0.3) is 5.91 Å². The van der Waals surface area contributed by atoms with Crippen LogP contribution >= 0.6 is 0 Å². The molecular formula is C33H41FN4O4. The molecule has 2 heterocycles. The molecule has 2 unspecified atom stereocenters. The highest BCUT2D eigenvalue weighted by molar-refractivity contribution is 6.07. The van der Waals surface area contributed by atoms with Gasteiger partial charge in [0.05, 0.1) is 11.6 Å². The van der Waals surface area contributed by atoms with E-state index < -0.39 is 17.7 Å². The van der Waals surface area contributed by atoms with E-state index in [1.807, 2.05) is 32.9 Å². The monoisotopic (exact) mass is 576 g/mol. The quantitative estimate of drug-likeness (QED) is 0.260. The van der Waals surface area contributed by atoms with E-state index >= 15 is 0 Å². The largest absolute Gasteiger partial charge is 0.477 e. The third-order valence-electron chi connectivity index (χ3n) is 6.83. The molecule has 1 aliphatic heterocycles. The number of aromatic nitrogens is 1. The summed E-state index contributed by atoms with van der Waals surface area (Å²) < 4.78 is 25.5. The minimum atomic E-state index is -0.848. The Labute approximate surface area is 247 Å². The normalized spacial score (nSPS) is 16.0. The average Bonchev–Trinajstić information content (AvgIpc) is 3.45. The van der Waals surface area contributed by atoms with Crippen molar-refractivity contribution in [3.05, 3.63) is 83.3 Å². The maximum Gasteiger partial charge on any atom is 0.349 e. The number of halogens is 1. The van der Waals surface area contributed by atoms with Crippen molar-refractivity contribution < 1.29 is 23.5 Å². The van der Waals surface area contributed by atoms with Crippen molar-refractivity contribution in [2.75, 3.05) is 17.2 Å². The number of hydrogen-bond acceptors (Lipinski definition) is 7. The topological polar surface area (TPSA) is 102 Å². The van der Waals surface area contributed by atoms with Crippen molar-refractivity contribution in [1.29, 1.82) is 0 Å². The summed E-state index contributed by atoms with van der Waals surface area (Å²) in [6.07, 6.45) is 2.49. The van der Waals surface area contributed by atoms with Crippen LogP contribution in [0, 0.1) is 5.82 Å². The molecule has 42 heavy (non-hydrogen) atoms. The van der Waals surface area contributed by atoms with Crippen LogP contribution in [0.2, 0.25) is 0 Å². The first kappa shape index (κ1) is 31.0. The number of anilines is 2. The number of amides is 1. The van der Waals surface area contributed by atoms with E-state index in [0.717, 1.165) is 30.5 Å². The van der Waals surface area contributed by atoms with Crippen molar-refractivity contribution in [2.24, 2.45) is 0 Å². The second-order valence-corrected chi connectivity index (χ2v) is 12.6. The zero-order valence-corrected chi connectivity index (χ0v) is 25.2. The van der Waals surface area contributed by atoms with Gasteiger partial charge in [0.1, 0.15) is 23.0 Å². The Morgan fingerprint density at radius 1 is 1.07 bits per heavy atom. The molecule has 1 amide bonds. The van der Waals surface area contributed by atoms with Crippen molar-refractivity contribution in [1.82, 2.24) is 10.3 Å². The minimum absolute atomic E-state index is 0.184. The number of nitrogens with one attached hydrogen (secondary N) is 3. The number of rotatable bonds is 9. The van der Waals surface area contributed by atoms with Crippen LogP contribution in [-0.2, 0) is 21.5 Å². The standard InChI is InChI=1S/C33H41FN4O4/c1-32(2,3)25-16-15-23(19-27(25)41-28(26-10-8-17-35-26)31(40)42-33(4,5)6)38-30(39)24-9-7-18-36-29(24)37-20-21-11-13-22(34)14-12-21/h7,9,11-16,18-19,26,28,35H,8,10,17,20H2,1-6H3,(H,36,37)(H,38,39). The number of carbonyl (C=O) groups excluding carboxylic acids is 2. The highest BCUT2D eigenvalue weighted by Gasteiger charge is 2.37. The smallest absolute Gasteiger partial charge is 0.349 e. The second-order valence-electron chi connectivity index (χ2n) is 12.6. The van der Waals surface area contributed by atoms with Crippen LogP contribution in [0.25, 0.3) is 0 Å². The minimum Gasteiger partial charge on any atom is -0.477 e. The Kier molecular flexibility index (Phi) is 9.51. The van der Waals surface area contributed by atoms with Crippen LogP contribution in [0.3, 0.4) is 0 Å². The van der Waals surface area contributed by atoms with Crippen molar-refractivity contribution >= 4 is 23.4 Å². The lowest BCUT2D eigenvalue weighted by Gasteiger charge is -2.30. The predicted molar refractivity (Wildman–Crippen MR) is 162 cm³/mol. The number of nitrogens with zero attached hydrogens (tertiary/aromatic N) is 1. The van der Waals surface area contributed by atoms with Crippen LogP contribution in [0.4, 0.5) is 15.9 Å². The van der Waals surface area contributed by atoms with Crippen LogP contribution in [-0.4, -0.2) is 41.2 Å². The molecule has 224 valence electrons. The zero-order chi connectivity index (χ0) is 30.5. The number of ether oxygens (including phenoxy) is 2. The van der Waals surface area contributed by atoms with Gasteiger partial charge in [-0.15, -0.1) is 0 Å². The lowest BCUT2D eigenvalue weighted by molar-refractivity contribution is -0.164. The predicted octanol–water partition coefficient (Wildman–Crippen LogP) is 6.22. The second kappa shape index (κ2) is 12.9. The summed E-state index contributed by atoms with van der Waals surface area (Å²) >= 11 is 0. The number of carbonyl (C=O) groups is 2. The van der Waals surface area contributed by atoms with E-state index in [-0.39, 0.29) is 23.2 Å². The zero-order valence-electron chi connectivity index (χ0n) is 25.2. The lowest BCUT2D eigenvalue weighted by Crippen LogP contribution is -2.47. The SMILES string of the molecule is CC(C)(C)OC(=O)C(Oc1cc(NC(=O)c2cccnc2NCc2ccc(F)cc2)ccc1C(C)(C)C)C1CCCN1. The van der Waals surface area contributed by atoms with E-state index in [0.29, 0.717) is 29.4 Å². The van der Waals surface area contributed by atoms with E-state index in [1.54, 1.807) is 36.5 Å². The molecule has 0 saturated carbocycles. The summed E-state index contributed by atoms with van der Waals surface area (Å²) in [6.45, 7) is 12.9. The van der Waals surface area contributed by atoms with Gasteiger partial charge in [0.2, 0.25) is 6.10 Å². The van der Waals surface area contributed by atoms with E-state index in [9.17, 15) is 14.0 Å². The molecular weight excluding hydrogens is 535 g/mol. The van der Waals surface area contributed by atoms with Crippen LogP contribution in [0.5, 0.6) is 5.75 Å². The molecule has 3 N–H and O–H groups in total. The molecule has 1 fully saturated rings. The molecule has 8 nitrogen and oxygen atoms in total. The molecule has 0 bridgehead atoms. The summed E-state index contributed by atoms with van der Waals surface area (Å²) in [5.41, 5.74) is 1.66. The Hall–Kier alpha value is -3.98. The van der Waals surface area contributed by atoms with Crippen LogP contribution < -0.4 is 20.7 Å². The number of benzene rings is 2. The summed E-state index contributed by atoms with van der Waals surface area (Å²) in [6, 6.07) is 14.8. The summed E-state index contributed by atoms with van der Waals surface area (Å²) in [5.74, 6) is -0.191. The third kappa shape index (κ3) is 8.28. The number of esters is 1. The molecule has 1 aromatic heterocycles. The van der Waals surface area contributed by atoms with Gasteiger partial charge in [-0.1, -0.05) is 39.0 Å². The number of pyridine rings is 1. The fraction of sp³-hybridized carbons (Fsp3) is 0.424. The lowest BCUT2D eigenvalue weighted by atomic mass is 9.86. The Balaban J connectivity index is 1.58. The van der Waals surface area contributed by atoms with Gasteiger partial charge in [0, 0.05) is 24.5 Å². The van der Waals surface area contributed by atoms with Gasteiger partial charge in [-0.05, 0) is 87.0 Å². The van der Waals surface area contributed by atoms with Crippen LogP contribution in [0.1, 0.15) is 75.9 Å². The first-order chi connectivity index (χ1) is 19.8. The van der Waals surface area contributed by atoms with Crippen molar-refractivity contribution in [3.63, 3.8) is 0 Å². The Morgan fingerprint density at radius 2 is 1.81 bits per heavy atom. The van der Waals surface area contributed by atoms with Crippen molar-refractivity contribution in [2.45, 2.75) is 84.1 Å². The highest BCUT2D eigenvalue weighted by atomic mass is 19.1. The fourth-order valence-corrected chi connectivity index (χ4v) is 4.79. The third-order valence-corrected chi connectivity index (χ3v) is 6.83. The molecule has 4 rings (SSSR count). The van der Waals surface area contributed by atoms with Gasteiger partial charge in [-0.2, -0.15) is 0 Å². The first-order valence-electron chi connectivity index (χ1n) is 14.3. The molecule has 9 heteroatoms. The summed E-state index contributed by atoms with van der Waals surface area (Å²) in [7, 11) is 0. The maximum atomic E-state index is 13.4. The molecule has 1 saturated heterocycles. The summed E-state index contributed by atoms with van der Waals surface area (Å²) in [5, 5.41) is 9.50. The van der Waals surface area contributed by atoms with Gasteiger partial charge in [-0.3, -0.25) is 4.79 Å².